The molecule has 0 aromatic heterocycles. The molecule has 0 radical (unpaired) electrons. The molecule has 0 fully saturated rings. The fraction of sp³-hybridized carbons (Fsp3) is 0.0769. The SMILES string of the molecule is Oc1c(Cl)cc(Cl)cc1CNc1c(F)c(F)cc(F)c1F. The van der Waals surface area contributed by atoms with Gasteiger partial charge in [0.1, 0.15) is 11.4 Å². The van der Waals surface area contributed by atoms with Gasteiger partial charge in [-0.25, -0.2) is 17.6 Å². The predicted molar refractivity (Wildman–Crippen MR) is 71.7 cm³/mol. The maximum absolute atomic E-state index is 13.4. The van der Waals surface area contributed by atoms with Crippen molar-refractivity contribution in [3.05, 3.63) is 57.1 Å². The number of nitrogens with one attached hydrogen (secondary N) is 1. The number of aromatic hydroxyl groups is 1. The third-order valence-electron chi connectivity index (χ3n) is 2.67. The Morgan fingerprint density at radius 3 is 2.10 bits per heavy atom. The fourth-order valence-corrected chi connectivity index (χ4v) is 2.20. The van der Waals surface area contributed by atoms with E-state index >= 15 is 0 Å². The van der Waals surface area contributed by atoms with E-state index in [-0.39, 0.29) is 34.0 Å². The van der Waals surface area contributed by atoms with Crippen molar-refractivity contribution in [2.75, 3.05) is 5.32 Å². The van der Waals surface area contributed by atoms with Crippen molar-refractivity contribution >= 4 is 28.9 Å². The second kappa shape index (κ2) is 5.99. The van der Waals surface area contributed by atoms with E-state index < -0.39 is 29.0 Å². The summed E-state index contributed by atoms with van der Waals surface area (Å²) in [5.41, 5.74) is -0.876. The zero-order chi connectivity index (χ0) is 15.7. The molecule has 2 rings (SSSR count). The molecule has 0 saturated heterocycles. The minimum absolute atomic E-state index is 0.0642. The summed E-state index contributed by atoms with van der Waals surface area (Å²) in [6.45, 7) is -0.344. The Morgan fingerprint density at radius 1 is 0.952 bits per heavy atom. The summed E-state index contributed by atoms with van der Waals surface area (Å²) in [5, 5.41) is 12.0. The van der Waals surface area contributed by atoms with Crippen LogP contribution in [0.1, 0.15) is 5.56 Å². The first-order valence-corrected chi connectivity index (χ1v) is 6.30. The van der Waals surface area contributed by atoms with Gasteiger partial charge in [-0.2, -0.15) is 0 Å². The Balaban J connectivity index is 2.33. The van der Waals surface area contributed by atoms with Crippen molar-refractivity contribution in [1.82, 2.24) is 0 Å². The molecule has 0 aliphatic heterocycles. The molecule has 0 saturated carbocycles. The number of hydrogen-bond donors (Lipinski definition) is 2. The summed E-state index contributed by atoms with van der Waals surface area (Å²) >= 11 is 11.4. The van der Waals surface area contributed by atoms with Crippen LogP contribution in [0.5, 0.6) is 5.75 Å². The van der Waals surface area contributed by atoms with Crippen molar-refractivity contribution in [3.8, 4) is 5.75 Å². The molecule has 0 aliphatic rings. The monoisotopic (exact) mass is 339 g/mol. The Morgan fingerprint density at radius 2 is 1.52 bits per heavy atom. The first kappa shape index (κ1) is 15.7. The first-order valence-electron chi connectivity index (χ1n) is 5.55. The molecule has 8 heteroatoms. The molecule has 0 amide bonds. The van der Waals surface area contributed by atoms with Crippen LogP contribution in [-0.2, 0) is 6.54 Å². The number of phenols is 1. The van der Waals surface area contributed by atoms with Crippen molar-refractivity contribution in [2.24, 2.45) is 0 Å². The highest BCUT2D eigenvalue weighted by atomic mass is 35.5. The number of rotatable bonds is 3. The van der Waals surface area contributed by atoms with Crippen LogP contribution >= 0.6 is 23.2 Å². The molecule has 2 aromatic rings. The summed E-state index contributed by atoms with van der Waals surface area (Å²) in [5.74, 6) is -6.57. The van der Waals surface area contributed by atoms with E-state index in [0.717, 1.165) is 0 Å². The van der Waals surface area contributed by atoms with Crippen LogP contribution in [0.15, 0.2) is 18.2 Å². The van der Waals surface area contributed by atoms with Crippen molar-refractivity contribution < 1.29 is 22.7 Å². The van der Waals surface area contributed by atoms with Gasteiger partial charge in [0.25, 0.3) is 0 Å². The lowest BCUT2D eigenvalue weighted by molar-refractivity contribution is 0.457. The Bertz CT molecular complexity index is 683. The van der Waals surface area contributed by atoms with Crippen molar-refractivity contribution in [1.29, 1.82) is 0 Å². The molecule has 0 atom stereocenters. The molecular formula is C13H7Cl2F4NO. The lowest BCUT2D eigenvalue weighted by Crippen LogP contribution is -2.07. The number of halogens is 6. The van der Waals surface area contributed by atoms with Gasteiger partial charge < -0.3 is 10.4 Å². The van der Waals surface area contributed by atoms with Gasteiger partial charge in [-0.1, -0.05) is 23.2 Å². The van der Waals surface area contributed by atoms with Crippen LogP contribution in [0, 0.1) is 23.3 Å². The summed E-state index contributed by atoms with van der Waals surface area (Å²) in [7, 11) is 0. The summed E-state index contributed by atoms with van der Waals surface area (Å²) in [6, 6.07) is 2.66. The smallest absolute Gasteiger partial charge is 0.185 e. The lowest BCUT2D eigenvalue weighted by Gasteiger charge is -2.12. The van der Waals surface area contributed by atoms with Gasteiger partial charge in [0.05, 0.1) is 5.02 Å². The number of hydrogen-bond acceptors (Lipinski definition) is 2. The van der Waals surface area contributed by atoms with E-state index in [9.17, 15) is 22.7 Å². The quantitative estimate of drug-likeness (QED) is 0.617. The van der Waals surface area contributed by atoms with E-state index in [2.05, 4.69) is 5.32 Å². The second-order valence-corrected chi connectivity index (χ2v) is 4.94. The van der Waals surface area contributed by atoms with E-state index in [1.165, 1.54) is 12.1 Å². The third kappa shape index (κ3) is 3.16. The van der Waals surface area contributed by atoms with Gasteiger partial charge in [0.2, 0.25) is 0 Å². The first-order chi connectivity index (χ1) is 9.81. The largest absolute Gasteiger partial charge is 0.506 e. The molecule has 0 spiro atoms. The number of benzene rings is 2. The van der Waals surface area contributed by atoms with Crippen LogP contribution in [0.2, 0.25) is 10.0 Å². The Kier molecular flexibility index (Phi) is 4.49. The minimum Gasteiger partial charge on any atom is -0.506 e. The number of anilines is 1. The third-order valence-corrected chi connectivity index (χ3v) is 3.18. The van der Waals surface area contributed by atoms with Gasteiger partial charge in [-0.05, 0) is 12.1 Å². The molecule has 2 aromatic carbocycles. The van der Waals surface area contributed by atoms with Gasteiger partial charge in [0.15, 0.2) is 23.3 Å². The van der Waals surface area contributed by atoms with Crippen LogP contribution in [0.4, 0.5) is 23.2 Å². The fourth-order valence-electron chi connectivity index (χ4n) is 1.67. The van der Waals surface area contributed by atoms with E-state index in [4.69, 9.17) is 23.2 Å². The normalized spacial score (nSPS) is 10.8. The standard InChI is InChI=1S/C13H7Cl2F4NO/c14-6-1-5(13(21)7(15)2-6)4-20-12-10(18)8(16)3-9(17)11(12)19/h1-3,20-21H,4H2. The summed E-state index contributed by atoms with van der Waals surface area (Å²) in [6.07, 6.45) is 0. The van der Waals surface area contributed by atoms with Crippen molar-refractivity contribution in [2.45, 2.75) is 6.54 Å². The Hall–Kier alpha value is -1.66. The topological polar surface area (TPSA) is 32.3 Å². The van der Waals surface area contributed by atoms with Crippen LogP contribution in [0.25, 0.3) is 0 Å². The van der Waals surface area contributed by atoms with Crippen LogP contribution in [-0.4, -0.2) is 5.11 Å². The maximum atomic E-state index is 13.4. The average Bonchev–Trinajstić information content (AvgIpc) is 2.41. The molecule has 2 N–H and O–H groups in total. The summed E-state index contributed by atoms with van der Waals surface area (Å²) in [4.78, 5) is 0. The summed E-state index contributed by atoms with van der Waals surface area (Å²) < 4.78 is 53.0. The van der Waals surface area contributed by atoms with E-state index in [1.54, 1.807) is 0 Å². The highest BCUT2D eigenvalue weighted by Crippen LogP contribution is 2.32. The van der Waals surface area contributed by atoms with Crippen molar-refractivity contribution in [3.63, 3.8) is 0 Å². The van der Waals surface area contributed by atoms with E-state index in [1.807, 2.05) is 0 Å². The van der Waals surface area contributed by atoms with Gasteiger partial charge in [-0.15, -0.1) is 0 Å². The Labute approximate surface area is 126 Å². The average molecular weight is 340 g/mol. The van der Waals surface area contributed by atoms with Crippen LogP contribution < -0.4 is 5.32 Å². The van der Waals surface area contributed by atoms with Gasteiger partial charge in [0, 0.05) is 23.2 Å². The van der Waals surface area contributed by atoms with Gasteiger partial charge >= 0.3 is 0 Å². The molecule has 21 heavy (non-hydrogen) atoms. The molecule has 112 valence electrons. The van der Waals surface area contributed by atoms with Crippen LogP contribution in [0.3, 0.4) is 0 Å². The minimum atomic E-state index is -1.57. The second-order valence-electron chi connectivity index (χ2n) is 4.09. The molecule has 0 bridgehead atoms. The molecule has 0 aliphatic carbocycles. The molecular weight excluding hydrogens is 333 g/mol. The zero-order valence-electron chi connectivity index (χ0n) is 10.2. The highest BCUT2D eigenvalue weighted by molar-refractivity contribution is 6.35. The van der Waals surface area contributed by atoms with Gasteiger partial charge in [-0.3, -0.25) is 0 Å². The molecule has 0 heterocycles. The zero-order valence-corrected chi connectivity index (χ0v) is 11.7. The maximum Gasteiger partial charge on any atom is 0.185 e. The number of phenolic OH excluding ortho intramolecular Hbond substituents is 1. The molecule has 0 unspecified atom stereocenters. The predicted octanol–water partition coefficient (Wildman–Crippen LogP) is 4.87. The lowest BCUT2D eigenvalue weighted by atomic mass is 10.2. The van der Waals surface area contributed by atoms with E-state index in [0.29, 0.717) is 0 Å². The molecule has 2 nitrogen and oxygen atoms in total. The highest BCUT2D eigenvalue weighted by Gasteiger charge is 2.19.